The summed E-state index contributed by atoms with van der Waals surface area (Å²) in [7, 11) is 0. The molecule has 0 spiro atoms. The molecule has 0 fully saturated rings. The topological polar surface area (TPSA) is 56.2 Å². The molecule has 2 aromatic heterocycles. The maximum Gasteiger partial charge on any atom is 0.150 e. The summed E-state index contributed by atoms with van der Waals surface area (Å²) in [5.41, 5.74) is 9.31. The van der Waals surface area contributed by atoms with E-state index in [0.717, 1.165) is 26.7 Å². The molecule has 2 heterocycles. The van der Waals surface area contributed by atoms with Gasteiger partial charge in [0.05, 0.1) is 21.7 Å². The molecule has 2 N–H and O–H groups in total. The quantitative estimate of drug-likeness (QED) is 0.693. The summed E-state index contributed by atoms with van der Waals surface area (Å²) >= 11 is 9.45. The van der Waals surface area contributed by atoms with Gasteiger partial charge >= 0.3 is 0 Å². The van der Waals surface area contributed by atoms with Crippen LogP contribution < -0.4 is 5.73 Å². The van der Waals surface area contributed by atoms with Gasteiger partial charge in [-0.15, -0.1) is 0 Å². The van der Waals surface area contributed by atoms with E-state index in [4.69, 9.17) is 17.3 Å². The lowest BCUT2D eigenvalue weighted by Gasteiger charge is -2.06. The number of nitrogen functional groups attached to an aromatic ring is 1. The van der Waals surface area contributed by atoms with Crippen molar-refractivity contribution in [1.82, 2.24) is 14.4 Å². The fourth-order valence-corrected chi connectivity index (χ4v) is 2.41. The molecule has 0 saturated carbocycles. The highest BCUT2D eigenvalue weighted by atomic mass is 79.9. The first-order chi connectivity index (χ1) is 8.08. The van der Waals surface area contributed by atoms with Crippen molar-refractivity contribution in [2.75, 3.05) is 5.73 Å². The zero-order chi connectivity index (χ0) is 12.2. The second kappa shape index (κ2) is 3.58. The monoisotopic (exact) mass is 310 g/mol. The molecule has 0 aliphatic rings. The Morgan fingerprint density at radius 1 is 1.41 bits per heavy atom. The predicted octanol–water partition coefficient (Wildman–Crippen LogP) is 3.19. The van der Waals surface area contributed by atoms with Gasteiger partial charge in [-0.05, 0) is 35.0 Å². The molecule has 0 aliphatic carbocycles. The van der Waals surface area contributed by atoms with Crippen LogP contribution >= 0.6 is 27.5 Å². The third-order valence-corrected chi connectivity index (χ3v) is 3.91. The predicted molar refractivity (Wildman–Crippen MR) is 72.4 cm³/mol. The van der Waals surface area contributed by atoms with Crippen molar-refractivity contribution in [2.24, 2.45) is 0 Å². The van der Waals surface area contributed by atoms with E-state index in [1.54, 1.807) is 12.4 Å². The summed E-state index contributed by atoms with van der Waals surface area (Å²) < 4.78 is 2.75. The number of imidazole rings is 1. The van der Waals surface area contributed by atoms with Gasteiger partial charge in [-0.1, -0.05) is 11.6 Å². The number of fused-ring (bicyclic) bond motifs is 3. The normalized spacial score (nSPS) is 11.5. The fraction of sp³-hybridized carbons (Fsp3) is 0.0909. The van der Waals surface area contributed by atoms with Gasteiger partial charge in [-0.2, -0.15) is 0 Å². The van der Waals surface area contributed by atoms with E-state index < -0.39 is 0 Å². The number of hydrogen-bond donors (Lipinski definition) is 1. The number of anilines is 1. The molecule has 6 heteroatoms. The second-order valence-electron chi connectivity index (χ2n) is 3.80. The van der Waals surface area contributed by atoms with Crippen LogP contribution in [0.4, 0.5) is 5.82 Å². The van der Waals surface area contributed by atoms with Crippen LogP contribution in [0, 0.1) is 6.92 Å². The molecular weight excluding hydrogens is 304 g/mol. The average molecular weight is 312 g/mol. The Labute approximate surface area is 111 Å². The molecule has 0 radical (unpaired) electrons. The largest absolute Gasteiger partial charge is 0.382 e. The Morgan fingerprint density at radius 3 is 2.94 bits per heavy atom. The molecule has 0 saturated heterocycles. The first-order valence-corrected chi connectivity index (χ1v) is 6.13. The van der Waals surface area contributed by atoms with E-state index >= 15 is 0 Å². The van der Waals surface area contributed by atoms with Crippen molar-refractivity contribution in [3.8, 4) is 0 Å². The molecular formula is C11H8BrClN4. The molecule has 3 aromatic rings. The molecule has 0 aliphatic heterocycles. The highest BCUT2D eigenvalue weighted by Crippen LogP contribution is 2.29. The van der Waals surface area contributed by atoms with E-state index in [1.165, 1.54) is 0 Å². The molecule has 0 atom stereocenters. The van der Waals surface area contributed by atoms with Crippen LogP contribution in [-0.4, -0.2) is 14.4 Å². The average Bonchev–Trinajstić information content (AvgIpc) is 2.65. The number of halogens is 2. The van der Waals surface area contributed by atoms with Crippen LogP contribution in [0.15, 0.2) is 22.9 Å². The maximum absolute atomic E-state index is 6.04. The summed E-state index contributed by atoms with van der Waals surface area (Å²) in [4.78, 5) is 8.60. The summed E-state index contributed by atoms with van der Waals surface area (Å²) in [5, 5.41) is 0.612. The minimum atomic E-state index is 0.464. The minimum Gasteiger partial charge on any atom is -0.382 e. The summed E-state index contributed by atoms with van der Waals surface area (Å²) in [6.45, 7) is 1.91. The van der Waals surface area contributed by atoms with Gasteiger partial charge in [0.2, 0.25) is 0 Å². The van der Waals surface area contributed by atoms with Crippen LogP contribution in [-0.2, 0) is 0 Å². The SMILES string of the molecule is Cc1ncn2c1c(N)nc1cc(Cl)c(Br)cc12. The third-order valence-electron chi connectivity index (χ3n) is 2.71. The van der Waals surface area contributed by atoms with Crippen LogP contribution in [0.1, 0.15) is 5.69 Å². The lowest BCUT2D eigenvalue weighted by Crippen LogP contribution is -1.98. The lowest BCUT2D eigenvalue weighted by molar-refractivity contribution is 1.18. The van der Waals surface area contributed by atoms with Crippen LogP contribution in [0.25, 0.3) is 16.6 Å². The molecule has 0 amide bonds. The first-order valence-electron chi connectivity index (χ1n) is 4.96. The number of aryl methyl sites for hydroxylation is 1. The highest BCUT2D eigenvalue weighted by molar-refractivity contribution is 9.10. The summed E-state index contributed by atoms with van der Waals surface area (Å²) in [5.74, 6) is 0.464. The summed E-state index contributed by atoms with van der Waals surface area (Å²) in [6, 6.07) is 3.70. The van der Waals surface area contributed by atoms with Crippen LogP contribution in [0.5, 0.6) is 0 Å². The van der Waals surface area contributed by atoms with Crippen LogP contribution in [0.3, 0.4) is 0 Å². The van der Waals surface area contributed by atoms with Gasteiger partial charge in [-0.25, -0.2) is 9.97 Å². The Hall–Kier alpha value is -1.33. The van der Waals surface area contributed by atoms with E-state index in [1.807, 2.05) is 17.4 Å². The number of hydrogen-bond acceptors (Lipinski definition) is 3. The Kier molecular flexibility index (Phi) is 2.27. The maximum atomic E-state index is 6.04. The summed E-state index contributed by atoms with van der Waals surface area (Å²) in [6.07, 6.45) is 1.74. The van der Waals surface area contributed by atoms with Gasteiger partial charge in [0.25, 0.3) is 0 Å². The zero-order valence-corrected chi connectivity index (χ0v) is 11.2. The number of benzene rings is 1. The minimum absolute atomic E-state index is 0.464. The number of nitrogens with two attached hydrogens (primary N) is 1. The zero-order valence-electron chi connectivity index (χ0n) is 8.91. The second-order valence-corrected chi connectivity index (χ2v) is 5.06. The molecule has 0 bridgehead atoms. The van der Waals surface area contributed by atoms with Crippen LogP contribution in [0.2, 0.25) is 5.02 Å². The first kappa shape index (κ1) is 10.8. The highest BCUT2D eigenvalue weighted by Gasteiger charge is 2.11. The fourth-order valence-electron chi connectivity index (χ4n) is 1.92. The number of nitrogens with zero attached hydrogens (tertiary/aromatic N) is 3. The molecule has 1 aromatic carbocycles. The Morgan fingerprint density at radius 2 is 2.18 bits per heavy atom. The van der Waals surface area contributed by atoms with E-state index in [-0.39, 0.29) is 0 Å². The molecule has 3 rings (SSSR count). The van der Waals surface area contributed by atoms with Crippen molar-refractivity contribution in [3.63, 3.8) is 0 Å². The smallest absolute Gasteiger partial charge is 0.150 e. The number of aromatic nitrogens is 3. The molecule has 17 heavy (non-hydrogen) atoms. The lowest BCUT2D eigenvalue weighted by atomic mass is 10.3. The molecule has 4 nitrogen and oxygen atoms in total. The van der Waals surface area contributed by atoms with Crippen molar-refractivity contribution in [2.45, 2.75) is 6.92 Å². The third kappa shape index (κ3) is 1.50. The van der Waals surface area contributed by atoms with E-state index in [9.17, 15) is 0 Å². The standard InChI is InChI=1S/C11H8BrClN4/c1-5-10-11(14)16-8-3-7(13)6(12)2-9(8)17(10)4-15-5/h2-4H,1H3,(H2,14,16). The Balaban J connectivity index is 2.59. The van der Waals surface area contributed by atoms with Gasteiger partial charge in [-0.3, -0.25) is 4.40 Å². The van der Waals surface area contributed by atoms with Gasteiger partial charge < -0.3 is 5.73 Å². The van der Waals surface area contributed by atoms with Gasteiger partial charge in [0.1, 0.15) is 17.7 Å². The van der Waals surface area contributed by atoms with Crippen molar-refractivity contribution in [3.05, 3.63) is 33.6 Å². The van der Waals surface area contributed by atoms with Crippen molar-refractivity contribution >= 4 is 49.9 Å². The van der Waals surface area contributed by atoms with Gasteiger partial charge in [0.15, 0.2) is 0 Å². The van der Waals surface area contributed by atoms with E-state index in [2.05, 4.69) is 25.9 Å². The van der Waals surface area contributed by atoms with Crippen molar-refractivity contribution in [1.29, 1.82) is 0 Å². The van der Waals surface area contributed by atoms with Crippen molar-refractivity contribution < 1.29 is 0 Å². The molecule has 0 unspecified atom stereocenters. The Bertz CT molecular complexity index is 750. The molecule has 86 valence electrons. The van der Waals surface area contributed by atoms with E-state index in [0.29, 0.717) is 10.8 Å². The van der Waals surface area contributed by atoms with Gasteiger partial charge in [0, 0.05) is 4.47 Å². The number of rotatable bonds is 0.